The Balaban J connectivity index is 2.19. The zero-order valence-corrected chi connectivity index (χ0v) is 12.3. The smallest absolute Gasteiger partial charge is 0.132 e. The molecule has 1 N–H and O–H groups in total. The van der Waals surface area contributed by atoms with Gasteiger partial charge in [0.2, 0.25) is 0 Å². The summed E-state index contributed by atoms with van der Waals surface area (Å²) in [5, 5.41) is 3.32. The number of methoxy groups -OCH3 is 1. The molecule has 2 nitrogen and oxygen atoms in total. The van der Waals surface area contributed by atoms with Gasteiger partial charge in [-0.3, -0.25) is 0 Å². The van der Waals surface area contributed by atoms with Crippen molar-refractivity contribution in [2.75, 3.05) is 12.4 Å². The molecule has 1 atom stereocenters. The van der Waals surface area contributed by atoms with Crippen LogP contribution in [-0.2, 0) is 0 Å². The quantitative estimate of drug-likeness (QED) is 0.877. The van der Waals surface area contributed by atoms with Gasteiger partial charge in [-0.15, -0.1) is 0 Å². The lowest BCUT2D eigenvalue weighted by Gasteiger charge is -2.17. The minimum absolute atomic E-state index is 0.108. The second-order valence-corrected chi connectivity index (χ2v) is 5.05. The number of ether oxygens (including phenoxy) is 1. The Hall–Kier alpha value is -2.03. The number of aryl methyl sites for hydroxylation is 2. The number of halogens is 1. The van der Waals surface area contributed by atoms with E-state index in [0.717, 1.165) is 5.69 Å². The molecule has 0 saturated heterocycles. The first kappa shape index (κ1) is 14.4. The van der Waals surface area contributed by atoms with Gasteiger partial charge in [0.15, 0.2) is 0 Å². The van der Waals surface area contributed by atoms with Crippen LogP contribution in [0.5, 0.6) is 5.75 Å². The first-order chi connectivity index (χ1) is 9.51. The van der Waals surface area contributed by atoms with Crippen LogP contribution in [0.25, 0.3) is 0 Å². The molecular weight excluding hydrogens is 253 g/mol. The second kappa shape index (κ2) is 5.95. The van der Waals surface area contributed by atoms with E-state index >= 15 is 0 Å². The van der Waals surface area contributed by atoms with E-state index in [1.54, 1.807) is 12.1 Å². The average molecular weight is 273 g/mol. The van der Waals surface area contributed by atoms with Crippen molar-refractivity contribution in [3.8, 4) is 5.75 Å². The maximum Gasteiger partial charge on any atom is 0.132 e. The molecule has 0 saturated carbocycles. The molecule has 2 rings (SSSR count). The van der Waals surface area contributed by atoms with Crippen LogP contribution in [0.2, 0.25) is 0 Å². The molecule has 0 radical (unpaired) electrons. The SMILES string of the molecule is COc1ccc(C(C)Nc2ccc(C)c(C)c2)c(F)c1. The molecule has 0 bridgehead atoms. The maximum absolute atomic E-state index is 14.0. The van der Waals surface area contributed by atoms with E-state index in [-0.39, 0.29) is 11.9 Å². The summed E-state index contributed by atoms with van der Waals surface area (Å²) in [5.74, 6) is 0.276. The van der Waals surface area contributed by atoms with Crippen molar-refractivity contribution in [1.82, 2.24) is 0 Å². The van der Waals surface area contributed by atoms with Crippen molar-refractivity contribution in [2.45, 2.75) is 26.8 Å². The number of rotatable bonds is 4. The normalized spacial score (nSPS) is 12.1. The van der Waals surface area contributed by atoms with Crippen LogP contribution in [0, 0.1) is 19.7 Å². The summed E-state index contributed by atoms with van der Waals surface area (Å²) >= 11 is 0. The highest BCUT2D eigenvalue weighted by atomic mass is 19.1. The van der Waals surface area contributed by atoms with E-state index < -0.39 is 0 Å². The number of benzene rings is 2. The fourth-order valence-corrected chi connectivity index (χ4v) is 2.14. The first-order valence-corrected chi connectivity index (χ1v) is 6.68. The van der Waals surface area contributed by atoms with Crippen LogP contribution in [0.1, 0.15) is 29.7 Å². The number of hydrogen-bond acceptors (Lipinski definition) is 2. The Morgan fingerprint density at radius 2 is 1.80 bits per heavy atom. The van der Waals surface area contributed by atoms with Crippen molar-refractivity contribution in [3.05, 3.63) is 58.9 Å². The van der Waals surface area contributed by atoms with E-state index in [0.29, 0.717) is 11.3 Å². The third-order valence-electron chi connectivity index (χ3n) is 3.56. The molecule has 0 heterocycles. The van der Waals surface area contributed by atoms with Gasteiger partial charge in [0.25, 0.3) is 0 Å². The van der Waals surface area contributed by atoms with Crippen LogP contribution < -0.4 is 10.1 Å². The monoisotopic (exact) mass is 273 g/mol. The summed E-state index contributed by atoms with van der Waals surface area (Å²) in [6.07, 6.45) is 0. The Morgan fingerprint density at radius 3 is 2.40 bits per heavy atom. The maximum atomic E-state index is 14.0. The highest BCUT2D eigenvalue weighted by Crippen LogP contribution is 2.25. The third kappa shape index (κ3) is 3.10. The van der Waals surface area contributed by atoms with Crippen molar-refractivity contribution in [2.24, 2.45) is 0 Å². The summed E-state index contributed by atoms with van der Waals surface area (Å²) in [6.45, 7) is 6.09. The van der Waals surface area contributed by atoms with Crippen LogP contribution in [0.4, 0.5) is 10.1 Å². The van der Waals surface area contributed by atoms with Gasteiger partial charge in [0.05, 0.1) is 13.2 Å². The Bertz CT molecular complexity index is 610. The molecule has 0 fully saturated rings. The molecule has 0 aliphatic carbocycles. The zero-order chi connectivity index (χ0) is 14.7. The Morgan fingerprint density at radius 1 is 1.05 bits per heavy atom. The van der Waals surface area contributed by atoms with E-state index in [2.05, 4.69) is 31.3 Å². The van der Waals surface area contributed by atoms with Crippen molar-refractivity contribution in [1.29, 1.82) is 0 Å². The molecule has 0 aliphatic rings. The van der Waals surface area contributed by atoms with Crippen molar-refractivity contribution < 1.29 is 9.13 Å². The average Bonchev–Trinajstić information content (AvgIpc) is 2.42. The summed E-state index contributed by atoms with van der Waals surface area (Å²) in [7, 11) is 1.53. The second-order valence-electron chi connectivity index (χ2n) is 5.05. The molecule has 20 heavy (non-hydrogen) atoms. The topological polar surface area (TPSA) is 21.3 Å². The Kier molecular flexibility index (Phi) is 4.28. The lowest BCUT2D eigenvalue weighted by molar-refractivity contribution is 0.410. The van der Waals surface area contributed by atoms with E-state index in [1.807, 2.05) is 13.0 Å². The minimum atomic E-state index is -0.256. The summed E-state index contributed by atoms with van der Waals surface area (Å²) in [5.41, 5.74) is 4.09. The van der Waals surface area contributed by atoms with Crippen molar-refractivity contribution >= 4 is 5.69 Å². The Labute approximate surface area is 119 Å². The van der Waals surface area contributed by atoms with Crippen molar-refractivity contribution in [3.63, 3.8) is 0 Å². The lowest BCUT2D eigenvalue weighted by atomic mass is 10.1. The zero-order valence-electron chi connectivity index (χ0n) is 12.3. The molecule has 0 aromatic heterocycles. The summed E-state index contributed by atoms with van der Waals surface area (Å²) in [4.78, 5) is 0. The molecule has 2 aromatic carbocycles. The van der Waals surface area contributed by atoms with Crippen LogP contribution in [0.3, 0.4) is 0 Å². The minimum Gasteiger partial charge on any atom is -0.497 e. The van der Waals surface area contributed by atoms with Gasteiger partial charge in [-0.05, 0) is 50.1 Å². The van der Waals surface area contributed by atoms with Gasteiger partial charge in [-0.1, -0.05) is 12.1 Å². The highest BCUT2D eigenvalue weighted by molar-refractivity contribution is 5.50. The van der Waals surface area contributed by atoms with Gasteiger partial charge in [0, 0.05) is 17.3 Å². The molecule has 2 aromatic rings. The fourth-order valence-electron chi connectivity index (χ4n) is 2.14. The number of hydrogen-bond donors (Lipinski definition) is 1. The molecule has 3 heteroatoms. The summed E-state index contributed by atoms with van der Waals surface area (Å²) < 4.78 is 19.0. The highest BCUT2D eigenvalue weighted by Gasteiger charge is 2.12. The van der Waals surface area contributed by atoms with Gasteiger partial charge in [-0.25, -0.2) is 4.39 Å². The largest absolute Gasteiger partial charge is 0.497 e. The predicted molar refractivity (Wildman–Crippen MR) is 80.9 cm³/mol. The molecule has 0 spiro atoms. The standard InChI is InChI=1S/C17H20FNO/c1-11-5-6-14(9-12(11)2)19-13(3)16-8-7-15(20-4)10-17(16)18/h5-10,13,19H,1-4H3. The van der Waals surface area contributed by atoms with E-state index in [9.17, 15) is 4.39 Å². The fraction of sp³-hybridized carbons (Fsp3) is 0.294. The molecule has 106 valence electrons. The van der Waals surface area contributed by atoms with Crippen LogP contribution >= 0.6 is 0 Å². The van der Waals surface area contributed by atoms with E-state index in [1.165, 1.54) is 24.3 Å². The molecule has 1 unspecified atom stereocenters. The third-order valence-corrected chi connectivity index (χ3v) is 3.56. The number of anilines is 1. The molecular formula is C17H20FNO. The molecule has 0 amide bonds. The van der Waals surface area contributed by atoms with Gasteiger partial charge in [0.1, 0.15) is 11.6 Å². The van der Waals surface area contributed by atoms with Crippen LogP contribution in [-0.4, -0.2) is 7.11 Å². The van der Waals surface area contributed by atoms with E-state index in [4.69, 9.17) is 4.74 Å². The first-order valence-electron chi connectivity index (χ1n) is 6.68. The van der Waals surface area contributed by atoms with Gasteiger partial charge < -0.3 is 10.1 Å². The predicted octanol–water partition coefficient (Wildman–Crippen LogP) is 4.62. The van der Waals surface area contributed by atoms with Crippen LogP contribution in [0.15, 0.2) is 36.4 Å². The number of nitrogens with one attached hydrogen (secondary N) is 1. The molecule has 0 aliphatic heterocycles. The van der Waals surface area contributed by atoms with Gasteiger partial charge >= 0.3 is 0 Å². The lowest BCUT2D eigenvalue weighted by Crippen LogP contribution is -2.09. The van der Waals surface area contributed by atoms with Gasteiger partial charge in [-0.2, -0.15) is 0 Å². The summed E-state index contributed by atoms with van der Waals surface area (Å²) in [6, 6.07) is 11.0.